The van der Waals surface area contributed by atoms with Crippen molar-refractivity contribution in [1.82, 2.24) is 5.32 Å². The van der Waals surface area contributed by atoms with Crippen LogP contribution >= 0.6 is 0 Å². The zero-order chi connectivity index (χ0) is 16.9. The molecule has 1 atom stereocenters. The van der Waals surface area contributed by atoms with Crippen molar-refractivity contribution in [3.63, 3.8) is 0 Å². The van der Waals surface area contributed by atoms with E-state index in [9.17, 15) is 13.2 Å². The van der Waals surface area contributed by atoms with E-state index in [1.165, 1.54) is 0 Å². The molecule has 1 aromatic carbocycles. The molecule has 1 amide bonds. The van der Waals surface area contributed by atoms with Gasteiger partial charge < -0.3 is 10.1 Å². The summed E-state index contributed by atoms with van der Waals surface area (Å²) in [6.07, 6.45) is 1.26. The Balaban J connectivity index is 1.87. The molecule has 0 fully saturated rings. The first kappa shape index (κ1) is 17.8. The number of hydrogen-bond acceptors (Lipinski definition) is 4. The van der Waals surface area contributed by atoms with Crippen LogP contribution in [-0.4, -0.2) is 39.0 Å². The van der Waals surface area contributed by atoms with E-state index < -0.39 is 9.84 Å². The highest BCUT2D eigenvalue weighted by molar-refractivity contribution is 7.91. The molecule has 0 unspecified atom stereocenters. The van der Waals surface area contributed by atoms with Crippen LogP contribution in [0.4, 0.5) is 0 Å². The Morgan fingerprint density at radius 2 is 2.09 bits per heavy atom. The summed E-state index contributed by atoms with van der Waals surface area (Å²) in [5.74, 6) is 0.828. The van der Waals surface area contributed by atoms with E-state index >= 15 is 0 Å². The summed E-state index contributed by atoms with van der Waals surface area (Å²) in [5, 5.41) is 2.77. The highest BCUT2D eigenvalue weighted by Gasteiger charge is 2.24. The zero-order valence-corrected chi connectivity index (χ0v) is 14.6. The third-order valence-electron chi connectivity index (χ3n) is 3.83. The fourth-order valence-electron chi connectivity index (χ4n) is 2.78. The molecular formula is C17H25NO4S. The minimum absolute atomic E-state index is 0.00325. The molecule has 0 saturated carbocycles. The van der Waals surface area contributed by atoms with Gasteiger partial charge in [-0.15, -0.1) is 0 Å². The lowest BCUT2D eigenvalue weighted by molar-refractivity contribution is -0.125. The van der Waals surface area contributed by atoms with Gasteiger partial charge >= 0.3 is 0 Å². The molecule has 2 rings (SSSR count). The Hall–Kier alpha value is -1.56. The van der Waals surface area contributed by atoms with Crippen LogP contribution in [0.5, 0.6) is 5.75 Å². The molecule has 0 spiro atoms. The molecule has 1 aromatic rings. The highest BCUT2D eigenvalue weighted by atomic mass is 32.2. The van der Waals surface area contributed by atoms with Gasteiger partial charge in [-0.05, 0) is 30.4 Å². The number of carbonyl (C=O) groups is 1. The molecule has 0 aliphatic carbocycles. The third kappa shape index (κ3) is 5.53. The Bertz CT molecular complexity index is 640. The summed E-state index contributed by atoms with van der Waals surface area (Å²) in [7, 11) is -3.10. The maximum atomic E-state index is 12.3. The molecule has 0 bridgehead atoms. The number of para-hydroxylation sites is 1. The Kier molecular flexibility index (Phi) is 6.04. The molecule has 1 aliphatic heterocycles. The van der Waals surface area contributed by atoms with E-state index in [0.29, 0.717) is 19.4 Å². The SMILES string of the molecule is CC(C)CS(=O)(=O)CCNC(=O)[C@H]1CCOc2ccccc2C1. The van der Waals surface area contributed by atoms with Crippen molar-refractivity contribution in [3.05, 3.63) is 29.8 Å². The molecule has 5 nitrogen and oxygen atoms in total. The molecule has 23 heavy (non-hydrogen) atoms. The quantitative estimate of drug-likeness (QED) is 0.858. The molecular weight excluding hydrogens is 314 g/mol. The molecule has 0 radical (unpaired) electrons. The molecule has 6 heteroatoms. The first-order valence-electron chi connectivity index (χ1n) is 8.06. The summed E-state index contributed by atoms with van der Waals surface area (Å²) in [4.78, 5) is 12.3. The number of amides is 1. The lowest BCUT2D eigenvalue weighted by atomic mass is 9.96. The minimum atomic E-state index is -3.10. The Labute approximate surface area is 138 Å². The van der Waals surface area contributed by atoms with Gasteiger partial charge in [0, 0.05) is 12.5 Å². The first-order chi connectivity index (χ1) is 10.9. The molecule has 128 valence electrons. The van der Waals surface area contributed by atoms with E-state index in [-0.39, 0.29) is 35.8 Å². The van der Waals surface area contributed by atoms with E-state index in [0.717, 1.165) is 11.3 Å². The van der Waals surface area contributed by atoms with E-state index in [4.69, 9.17) is 4.74 Å². The maximum Gasteiger partial charge on any atom is 0.223 e. The lowest BCUT2D eigenvalue weighted by Crippen LogP contribution is -2.36. The Morgan fingerprint density at radius 1 is 1.35 bits per heavy atom. The van der Waals surface area contributed by atoms with Crippen LogP contribution in [0, 0.1) is 11.8 Å². The lowest BCUT2D eigenvalue weighted by Gasteiger charge is -2.14. The van der Waals surface area contributed by atoms with Crippen LogP contribution < -0.4 is 10.1 Å². The number of nitrogens with one attached hydrogen (secondary N) is 1. The predicted molar refractivity (Wildman–Crippen MR) is 90.2 cm³/mol. The van der Waals surface area contributed by atoms with Crippen molar-refractivity contribution in [2.24, 2.45) is 11.8 Å². The van der Waals surface area contributed by atoms with E-state index in [2.05, 4.69) is 5.32 Å². The van der Waals surface area contributed by atoms with Crippen molar-refractivity contribution < 1.29 is 17.9 Å². The van der Waals surface area contributed by atoms with Gasteiger partial charge in [0.2, 0.25) is 5.91 Å². The van der Waals surface area contributed by atoms with Crippen LogP contribution in [0.2, 0.25) is 0 Å². The van der Waals surface area contributed by atoms with Gasteiger partial charge in [0.05, 0.1) is 18.1 Å². The van der Waals surface area contributed by atoms with Crippen LogP contribution in [0.15, 0.2) is 24.3 Å². The molecule has 1 N–H and O–H groups in total. The standard InChI is InChI=1S/C17H25NO4S/c1-13(2)12-23(20,21)10-8-18-17(19)15-7-9-22-16-6-4-3-5-14(16)11-15/h3-6,13,15H,7-12H2,1-2H3,(H,18,19)/t15-/m0/s1. The minimum Gasteiger partial charge on any atom is -0.493 e. The summed E-state index contributed by atoms with van der Waals surface area (Å²) < 4.78 is 29.3. The maximum absolute atomic E-state index is 12.3. The van der Waals surface area contributed by atoms with E-state index in [1.807, 2.05) is 38.1 Å². The topological polar surface area (TPSA) is 72.5 Å². The largest absolute Gasteiger partial charge is 0.493 e. The third-order valence-corrected chi connectivity index (χ3v) is 5.83. The normalized spacial score (nSPS) is 18.0. The molecule has 0 saturated heterocycles. The van der Waals surface area contributed by atoms with Gasteiger partial charge in [0.15, 0.2) is 9.84 Å². The summed E-state index contributed by atoms with van der Waals surface area (Å²) in [5.41, 5.74) is 1.03. The summed E-state index contributed by atoms with van der Waals surface area (Å²) in [6.45, 7) is 4.42. The van der Waals surface area contributed by atoms with Gasteiger partial charge in [-0.2, -0.15) is 0 Å². The number of rotatable bonds is 6. The Morgan fingerprint density at radius 3 is 2.83 bits per heavy atom. The number of carbonyl (C=O) groups excluding carboxylic acids is 1. The van der Waals surface area contributed by atoms with Crippen LogP contribution in [-0.2, 0) is 21.1 Å². The fraction of sp³-hybridized carbons (Fsp3) is 0.588. The van der Waals surface area contributed by atoms with Crippen LogP contribution in [0.3, 0.4) is 0 Å². The van der Waals surface area contributed by atoms with Crippen LogP contribution in [0.1, 0.15) is 25.8 Å². The summed E-state index contributed by atoms with van der Waals surface area (Å²) in [6, 6.07) is 7.72. The fourth-order valence-corrected chi connectivity index (χ4v) is 4.38. The van der Waals surface area contributed by atoms with Crippen molar-refractivity contribution in [3.8, 4) is 5.75 Å². The van der Waals surface area contributed by atoms with Gasteiger partial charge in [-0.1, -0.05) is 32.0 Å². The zero-order valence-electron chi connectivity index (χ0n) is 13.7. The number of ether oxygens (including phenoxy) is 1. The number of benzene rings is 1. The van der Waals surface area contributed by atoms with Gasteiger partial charge in [-0.3, -0.25) is 4.79 Å². The van der Waals surface area contributed by atoms with Gasteiger partial charge in [0.25, 0.3) is 0 Å². The van der Waals surface area contributed by atoms with Gasteiger partial charge in [0.1, 0.15) is 5.75 Å². The van der Waals surface area contributed by atoms with E-state index in [1.54, 1.807) is 0 Å². The number of sulfone groups is 1. The first-order valence-corrected chi connectivity index (χ1v) is 9.88. The second-order valence-electron chi connectivity index (χ2n) is 6.45. The van der Waals surface area contributed by atoms with Crippen molar-refractivity contribution in [1.29, 1.82) is 0 Å². The highest BCUT2D eigenvalue weighted by Crippen LogP contribution is 2.26. The second-order valence-corrected chi connectivity index (χ2v) is 8.67. The van der Waals surface area contributed by atoms with Crippen LogP contribution in [0.25, 0.3) is 0 Å². The predicted octanol–water partition coefficient (Wildman–Crippen LogP) is 1.81. The molecule has 1 heterocycles. The van der Waals surface area contributed by atoms with Crippen molar-refractivity contribution in [2.75, 3.05) is 24.7 Å². The van der Waals surface area contributed by atoms with Crippen molar-refractivity contribution >= 4 is 15.7 Å². The average Bonchev–Trinajstić information content (AvgIpc) is 2.67. The number of hydrogen-bond donors (Lipinski definition) is 1. The monoisotopic (exact) mass is 339 g/mol. The second kappa shape index (κ2) is 7.81. The molecule has 0 aromatic heterocycles. The van der Waals surface area contributed by atoms with Crippen molar-refractivity contribution in [2.45, 2.75) is 26.7 Å². The smallest absolute Gasteiger partial charge is 0.223 e. The van der Waals surface area contributed by atoms with Gasteiger partial charge in [-0.25, -0.2) is 8.42 Å². The molecule has 1 aliphatic rings. The average molecular weight is 339 g/mol. The summed E-state index contributed by atoms with van der Waals surface area (Å²) >= 11 is 0. The number of fused-ring (bicyclic) bond motifs is 1.